The number of aromatic nitrogens is 1. The van der Waals surface area contributed by atoms with Crippen LogP contribution in [0.25, 0.3) is 11.1 Å². The summed E-state index contributed by atoms with van der Waals surface area (Å²) in [6.45, 7) is 0. The van der Waals surface area contributed by atoms with Crippen LogP contribution in [0.3, 0.4) is 0 Å². The number of aliphatic carboxylic acids is 1. The van der Waals surface area contributed by atoms with Crippen molar-refractivity contribution in [3.63, 3.8) is 0 Å². The molecule has 0 fully saturated rings. The number of para-hydroxylation sites is 1. The van der Waals surface area contributed by atoms with Crippen LogP contribution < -0.4 is 4.90 Å². The first-order valence-corrected chi connectivity index (χ1v) is 6.53. The summed E-state index contributed by atoms with van der Waals surface area (Å²) in [5.74, 6) is -0.865. The Labute approximate surface area is 121 Å². The number of carbonyl (C=O) groups is 1. The third-order valence-corrected chi connectivity index (χ3v) is 3.23. The van der Waals surface area contributed by atoms with Crippen molar-refractivity contribution in [3.05, 3.63) is 54.1 Å². The maximum Gasteiger partial charge on any atom is 0.307 e. The Morgan fingerprint density at radius 2 is 2.00 bits per heavy atom. The second kappa shape index (κ2) is 5.28. The molecule has 1 heterocycles. The molecule has 21 heavy (non-hydrogen) atoms. The molecule has 1 aromatic heterocycles. The smallest absolute Gasteiger partial charge is 0.307 e. The first-order chi connectivity index (χ1) is 10.1. The van der Waals surface area contributed by atoms with Gasteiger partial charge in [-0.2, -0.15) is 4.98 Å². The molecule has 3 aromatic rings. The summed E-state index contributed by atoms with van der Waals surface area (Å²) in [4.78, 5) is 17.0. The van der Waals surface area contributed by atoms with Gasteiger partial charge < -0.3 is 9.52 Å². The van der Waals surface area contributed by atoms with Crippen LogP contribution in [0.4, 0.5) is 11.7 Å². The molecular weight excluding hydrogens is 268 g/mol. The van der Waals surface area contributed by atoms with Crippen molar-refractivity contribution in [2.24, 2.45) is 0 Å². The van der Waals surface area contributed by atoms with E-state index < -0.39 is 5.97 Å². The Morgan fingerprint density at radius 1 is 1.24 bits per heavy atom. The molecule has 0 saturated carbocycles. The molecule has 0 saturated heterocycles. The molecule has 0 amide bonds. The van der Waals surface area contributed by atoms with E-state index >= 15 is 0 Å². The van der Waals surface area contributed by atoms with Gasteiger partial charge >= 0.3 is 12.0 Å². The molecule has 1 N–H and O–H groups in total. The van der Waals surface area contributed by atoms with E-state index in [0.717, 1.165) is 5.69 Å². The summed E-state index contributed by atoms with van der Waals surface area (Å²) in [6.07, 6.45) is -0.0273. The monoisotopic (exact) mass is 282 g/mol. The van der Waals surface area contributed by atoms with Gasteiger partial charge in [-0.25, -0.2) is 0 Å². The lowest BCUT2D eigenvalue weighted by atomic mass is 10.1. The molecule has 0 radical (unpaired) electrons. The van der Waals surface area contributed by atoms with Crippen LogP contribution in [0.2, 0.25) is 0 Å². The van der Waals surface area contributed by atoms with Gasteiger partial charge in [-0.3, -0.25) is 9.69 Å². The normalized spacial score (nSPS) is 10.7. The highest BCUT2D eigenvalue weighted by Gasteiger charge is 2.12. The van der Waals surface area contributed by atoms with Gasteiger partial charge in [-0.15, -0.1) is 0 Å². The average molecular weight is 282 g/mol. The van der Waals surface area contributed by atoms with Crippen molar-refractivity contribution in [2.45, 2.75) is 6.42 Å². The van der Waals surface area contributed by atoms with Gasteiger partial charge in [-0.1, -0.05) is 24.3 Å². The fraction of sp³-hybridized carbons (Fsp3) is 0.125. The second-order valence-corrected chi connectivity index (χ2v) is 4.76. The molecule has 5 nitrogen and oxygen atoms in total. The Morgan fingerprint density at radius 3 is 2.71 bits per heavy atom. The molecule has 0 bridgehead atoms. The van der Waals surface area contributed by atoms with Crippen molar-refractivity contribution in [1.29, 1.82) is 0 Å². The Balaban J connectivity index is 1.95. The largest absolute Gasteiger partial charge is 0.481 e. The van der Waals surface area contributed by atoms with Crippen LogP contribution in [-0.4, -0.2) is 23.1 Å². The first kappa shape index (κ1) is 13.2. The zero-order valence-electron chi connectivity index (χ0n) is 11.5. The van der Waals surface area contributed by atoms with Gasteiger partial charge in [-0.05, 0) is 29.8 Å². The Bertz CT molecular complexity index is 781. The van der Waals surface area contributed by atoms with Crippen molar-refractivity contribution >= 4 is 28.8 Å². The van der Waals surface area contributed by atoms with Crippen LogP contribution in [0.1, 0.15) is 5.56 Å². The van der Waals surface area contributed by atoms with Crippen LogP contribution in [0, 0.1) is 0 Å². The van der Waals surface area contributed by atoms with Crippen LogP contribution in [-0.2, 0) is 11.2 Å². The minimum Gasteiger partial charge on any atom is -0.481 e. The second-order valence-electron chi connectivity index (χ2n) is 4.76. The first-order valence-electron chi connectivity index (χ1n) is 6.53. The van der Waals surface area contributed by atoms with E-state index in [2.05, 4.69) is 4.98 Å². The standard InChI is InChI=1S/C16H14N2O3/c1-18(12-5-3-2-4-6-12)16-17-13-8-7-11(10-15(19)20)9-14(13)21-16/h2-9H,10H2,1H3,(H,19,20). The Hall–Kier alpha value is -2.82. The topological polar surface area (TPSA) is 66.6 Å². The molecule has 0 aliphatic heterocycles. The molecular formula is C16H14N2O3. The minimum atomic E-state index is -0.865. The predicted octanol–water partition coefficient (Wildman–Crippen LogP) is 3.22. The van der Waals surface area contributed by atoms with Gasteiger partial charge in [0, 0.05) is 12.7 Å². The fourth-order valence-corrected chi connectivity index (χ4v) is 2.15. The molecule has 0 aliphatic rings. The molecule has 0 atom stereocenters. The SMILES string of the molecule is CN(c1ccccc1)c1nc2ccc(CC(=O)O)cc2o1. The van der Waals surface area contributed by atoms with E-state index in [1.165, 1.54) is 0 Å². The van der Waals surface area contributed by atoms with Gasteiger partial charge in [0.1, 0.15) is 5.52 Å². The van der Waals surface area contributed by atoms with Crippen LogP contribution in [0.5, 0.6) is 0 Å². The number of fused-ring (bicyclic) bond motifs is 1. The van der Waals surface area contributed by atoms with Gasteiger partial charge in [0.05, 0.1) is 6.42 Å². The summed E-state index contributed by atoms with van der Waals surface area (Å²) in [7, 11) is 1.87. The molecule has 5 heteroatoms. The highest BCUT2D eigenvalue weighted by molar-refractivity contribution is 5.78. The number of carboxylic acids is 1. The summed E-state index contributed by atoms with van der Waals surface area (Å²) in [6, 6.07) is 15.5. The van der Waals surface area contributed by atoms with Crippen molar-refractivity contribution in [1.82, 2.24) is 4.98 Å². The number of hydrogen-bond donors (Lipinski definition) is 1. The highest BCUT2D eigenvalue weighted by atomic mass is 16.4. The van der Waals surface area contributed by atoms with E-state index in [1.54, 1.807) is 18.2 Å². The minimum absolute atomic E-state index is 0.0273. The van der Waals surface area contributed by atoms with E-state index in [-0.39, 0.29) is 6.42 Å². The number of anilines is 2. The number of rotatable bonds is 4. The van der Waals surface area contributed by atoms with Gasteiger partial charge in [0.15, 0.2) is 5.58 Å². The summed E-state index contributed by atoms with van der Waals surface area (Å²) in [5.41, 5.74) is 2.96. The van der Waals surface area contributed by atoms with Gasteiger partial charge in [0.25, 0.3) is 0 Å². The molecule has 0 spiro atoms. The maximum atomic E-state index is 10.7. The zero-order chi connectivity index (χ0) is 14.8. The molecule has 2 aromatic carbocycles. The van der Waals surface area contributed by atoms with Crippen molar-refractivity contribution in [3.8, 4) is 0 Å². The number of nitrogens with zero attached hydrogens (tertiary/aromatic N) is 2. The van der Waals surface area contributed by atoms with Crippen LogP contribution >= 0.6 is 0 Å². The van der Waals surface area contributed by atoms with E-state index in [4.69, 9.17) is 9.52 Å². The molecule has 0 unspecified atom stereocenters. The highest BCUT2D eigenvalue weighted by Crippen LogP contribution is 2.27. The fourth-order valence-electron chi connectivity index (χ4n) is 2.15. The van der Waals surface area contributed by atoms with E-state index in [9.17, 15) is 4.79 Å². The number of carboxylic acid groups (broad SMARTS) is 1. The van der Waals surface area contributed by atoms with Crippen LogP contribution in [0.15, 0.2) is 52.9 Å². The lowest BCUT2D eigenvalue weighted by Crippen LogP contribution is -2.09. The lowest BCUT2D eigenvalue weighted by molar-refractivity contribution is -0.136. The number of hydrogen-bond acceptors (Lipinski definition) is 4. The lowest BCUT2D eigenvalue weighted by Gasteiger charge is -2.13. The average Bonchev–Trinajstić information content (AvgIpc) is 2.90. The van der Waals surface area contributed by atoms with Crippen molar-refractivity contribution < 1.29 is 14.3 Å². The third kappa shape index (κ3) is 2.72. The summed E-state index contributed by atoms with van der Waals surface area (Å²) >= 11 is 0. The molecule has 106 valence electrons. The maximum absolute atomic E-state index is 10.7. The van der Waals surface area contributed by atoms with E-state index in [1.807, 2.05) is 42.3 Å². The Kier molecular flexibility index (Phi) is 3.31. The number of benzene rings is 2. The summed E-state index contributed by atoms with van der Waals surface area (Å²) in [5, 5.41) is 8.83. The van der Waals surface area contributed by atoms with Crippen molar-refractivity contribution in [2.75, 3.05) is 11.9 Å². The van der Waals surface area contributed by atoms with Gasteiger partial charge in [0.2, 0.25) is 0 Å². The van der Waals surface area contributed by atoms with E-state index in [0.29, 0.717) is 22.7 Å². The summed E-state index contributed by atoms with van der Waals surface area (Å²) < 4.78 is 5.73. The zero-order valence-corrected chi connectivity index (χ0v) is 11.5. The third-order valence-electron chi connectivity index (χ3n) is 3.23. The predicted molar refractivity (Wildman–Crippen MR) is 79.9 cm³/mol. The number of oxazole rings is 1. The molecule has 3 rings (SSSR count). The quantitative estimate of drug-likeness (QED) is 0.795. The molecule has 0 aliphatic carbocycles.